The lowest BCUT2D eigenvalue weighted by Gasteiger charge is -2.25. The molecule has 0 bridgehead atoms. The fourth-order valence-electron chi connectivity index (χ4n) is 2.40. The molecule has 0 atom stereocenters. The highest BCUT2D eigenvalue weighted by Gasteiger charge is 2.29. The summed E-state index contributed by atoms with van der Waals surface area (Å²) in [4.78, 5) is 0. The first-order chi connectivity index (χ1) is 9.45. The van der Waals surface area contributed by atoms with Crippen molar-refractivity contribution in [2.45, 2.75) is 50.6 Å². The van der Waals surface area contributed by atoms with Crippen LogP contribution in [0.15, 0.2) is 24.3 Å². The Bertz CT molecular complexity index is 408. The van der Waals surface area contributed by atoms with Crippen LogP contribution in [0.4, 0.5) is 13.2 Å². The number of nitrogens with one attached hydrogen (secondary N) is 1. The first-order valence-electron chi connectivity index (χ1n) is 7.00. The molecule has 0 spiro atoms. The average Bonchev–Trinajstić information content (AvgIpc) is 2.41. The highest BCUT2D eigenvalue weighted by Crippen LogP contribution is 2.31. The minimum atomic E-state index is -4.25. The van der Waals surface area contributed by atoms with Crippen LogP contribution in [-0.2, 0) is 12.7 Å². The zero-order valence-corrected chi connectivity index (χ0v) is 12.4. The molecule has 1 saturated carbocycles. The lowest BCUT2D eigenvalue weighted by atomic mass is 9.91. The third kappa shape index (κ3) is 4.70. The van der Waals surface area contributed by atoms with E-state index in [1.165, 1.54) is 25.7 Å². The molecule has 0 saturated heterocycles. The molecule has 0 heterocycles. The molecule has 0 amide bonds. The Balaban J connectivity index is 1.74. The fraction of sp³-hybridized carbons (Fsp3) is 0.600. The number of hydrogen-bond acceptors (Lipinski definition) is 2. The quantitative estimate of drug-likeness (QED) is 0.784. The van der Waals surface area contributed by atoms with Gasteiger partial charge < -0.3 is 0 Å². The van der Waals surface area contributed by atoms with Gasteiger partial charge in [-0.05, 0) is 49.3 Å². The first-order valence-corrected chi connectivity index (χ1v) is 7.88. The third-order valence-electron chi connectivity index (χ3n) is 3.77. The molecule has 5 heteroatoms. The molecule has 1 aliphatic rings. The van der Waals surface area contributed by atoms with Gasteiger partial charge in [-0.25, -0.2) is 0 Å². The van der Waals surface area contributed by atoms with Crippen LogP contribution in [0.3, 0.4) is 0 Å². The molecule has 2 rings (SSSR count). The second-order valence-corrected chi connectivity index (χ2v) is 6.71. The maximum absolute atomic E-state index is 12.4. The summed E-state index contributed by atoms with van der Waals surface area (Å²) in [7, 11) is 0. The van der Waals surface area contributed by atoms with Crippen molar-refractivity contribution in [3.63, 3.8) is 0 Å². The molecular formula is C15H20F3NS. The molecule has 112 valence electrons. The second kappa shape index (κ2) is 6.85. The van der Waals surface area contributed by atoms with Crippen molar-refractivity contribution in [2.24, 2.45) is 5.92 Å². The zero-order chi connectivity index (χ0) is 14.6. The summed E-state index contributed by atoms with van der Waals surface area (Å²) in [5, 5.41) is 0.639. The monoisotopic (exact) mass is 303 g/mol. The van der Waals surface area contributed by atoms with Gasteiger partial charge in [0.1, 0.15) is 0 Å². The molecule has 1 nitrogen and oxygen atoms in total. The maximum Gasteiger partial charge on any atom is 0.416 e. The summed E-state index contributed by atoms with van der Waals surface area (Å²) in [5.74, 6) is 0.835. The van der Waals surface area contributed by atoms with Crippen LogP contribution in [0.1, 0.15) is 43.7 Å². The number of rotatable bonds is 4. The van der Waals surface area contributed by atoms with Gasteiger partial charge in [0, 0.05) is 11.8 Å². The zero-order valence-electron chi connectivity index (χ0n) is 11.5. The molecule has 0 aromatic heterocycles. The van der Waals surface area contributed by atoms with Crippen LogP contribution in [0.5, 0.6) is 0 Å². The second-order valence-electron chi connectivity index (χ2n) is 5.52. The van der Waals surface area contributed by atoms with E-state index in [1.807, 2.05) is 0 Å². The van der Waals surface area contributed by atoms with E-state index in [1.54, 1.807) is 24.1 Å². The van der Waals surface area contributed by atoms with E-state index in [9.17, 15) is 13.2 Å². The van der Waals surface area contributed by atoms with Gasteiger partial charge in [-0.2, -0.15) is 13.2 Å². The Morgan fingerprint density at radius 2 is 1.70 bits per heavy atom. The first kappa shape index (κ1) is 15.7. The van der Waals surface area contributed by atoms with E-state index >= 15 is 0 Å². The lowest BCUT2D eigenvalue weighted by Crippen LogP contribution is -2.18. The van der Waals surface area contributed by atoms with Crippen LogP contribution < -0.4 is 4.72 Å². The van der Waals surface area contributed by atoms with Gasteiger partial charge in [-0.3, -0.25) is 4.72 Å². The minimum Gasteiger partial charge on any atom is -0.259 e. The summed E-state index contributed by atoms with van der Waals surface area (Å²) in [6.07, 6.45) is 0.760. The van der Waals surface area contributed by atoms with Crippen LogP contribution >= 0.6 is 11.9 Å². The third-order valence-corrected chi connectivity index (χ3v) is 4.89. The Morgan fingerprint density at radius 3 is 2.25 bits per heavy atom. The Hall–Kier alpha value is -0.680. The summed E-state index contributed by atoms with van der Waals surface area (Å²) < 4.78 is 40.6. The van der Waals surface area contributed by atoms with E-state index in [4.69, 9.17) is 0 Å². The summed E-state index contributed by atoms with van der Waals surface area (Å²) in [5.41, 5.74) is 0.296. The van der Waals surface area contributed by atoms with Gasteiger partial charge in [0.05, 0.1) is 5.56 Å². The number of alkyl halides is 3. The van der Waals surface area contributed by atoms with E-state index in [0.717, 1.165) is 23.6 Å². The van der Waals surface area contributed by atoms with Crippen molar-refractivity contribution in [3.05, 3.63) is 35.4 Å². The van der Waals surface area contributed by atoms with E-state index in [2.05, 4.69) is 11.6 Å². The molecule has 20 heavy (non-hydrogen) atoms. The highest BCUT2D eigenvalue weighted by atomic mass is 32.2. The largest absolute Gasteiger partial charge is 0.416 e. The summed E-state index contributed by atoms with van der Waals surface area (Å²) in [6, 6.07) is 5.37. The Labute approximate surface area is 122 Å². The molecule has 0 aliphatic heterocycles. The normalized spacial score (nSPS) is 23.8. The van der Waals surface area contributed by atoms with Crippen molar-refractivity contribution >= 4 is 11.9 Å². The molecule has 1 aliphatic carbocycles. The average molecular weight is 303 g/mol. The van der Waals surface area contributed by atoms with Crippen molar-refractivity contribution < 1.29 is 13.2 Å². The van der Waals surface area contributed by atoms with Crippen molar-refractivity contribution in [1.82, 2.24) is 4.72 Å². The lowest BCUT2D eigenvalue weighted by molar-refractivity contribution is -0.137. The fourth-order valence-corrected chi connectivity index (χ4v) is 3.40. The molecule has 0 radical (unpaired) electrons. The smallest absolute Gasteiger partial charge is 0.259 e. The van der Waals surface area contributed by atoms with Crippen LogP contribution in [0, 0.1) is 5.92 Å². The summed E-state index contributed by atoms with van der Waals surface area (Å²) in [6.45, 7) is 2.89. The van der Waals surface area contributed by atoms with Crippen LogP contribution in [0.25, 0.3) is 0 Å². The van der Waals surface area contributed by atoms with Crippen molar-refractivity contribution in [3.8, 4) is 0 Å². The van der Waals surface area contributed by atoms with E-state index in [-0.39, 0.29) is 0 Å². The Morgan fingerprint density at radius 1 is 1.10 bits per heavy atom. The van der Waals surface area contributed by atoms with Gasteiger partial charge in [0.25, 0.3) is 0 Å². The van der Waals surface area contributed by atoms with E-state index < -0.39 is 11.7 Å². The Kier molecular flexibility index (Phi) is 5.38. The predicted molar refractivity (Wildman–Crippen MR) is 77.3 cm³/mol. The molecule has 1 N–H and O–H groups in total. The molecular weight excluding hydrogens is 283 g/mol. The van der Waals surface area contributed by atoms with Gasteiger partial charge in [-0.1, -0.05) is 31.0 Å². The number of benzene rings is 1. The molecule has 0 unspecified atom stereocenters. The highest BCUT2D eigenvalue weighted by molar-refractivity contribution is 7.98. The maximum atomic E-state index is 12.4. The van der Waals surface area contributed by atoms with Crippen molar-refractivity contribution in [1.29, 1.82) is 0 Å². The summed E-state index contributed by atoms with van der Waals surface area (Å²) >= 11 is 1.73. The standard InChI is InChI=1S/C15H20F3NS/c1-11-2-8-14(9-3-11)20-19-10-12-4-6-13(7-5-12)15(16,17)18/h4-7,11,14,19H,2-3,8-10H2,1H3. The molecule has 1 aromatic carbocycles. The van der Waals surface area contributed by atoms with Gasteiger partial charge in [0.2, 0.25) is 0 Å². The SMILES string of the molecule is CC1CCC(SNCc2ccc(C(F)(F)F)cc2)CC1. The topological polar surface area (TPSA) is 12.0 Å². The predicted octanol–water partition coefficient (Wildman–Crippen LogP) is 5.02. The van der Waals surface area contributed by atoms with E-state index in [0.29, 0.717) is 11.8 Å². The van der Waals surface area contributed by atoms with Crippen molar-refractivity contribution in [2.75, 3.05) is 0 Å². The molecule has 1 aromatic rings. The molecule has 1 fully saturated rings. The number of hydrogen-bond donors (Lipinski definition) is 1. The minimum absolute atomic E-state index is 0.588. The van der Waals surface area contributed by atoms with Crippen LogP contribution in [-0.4, -0.2) is 5.25 Å². The van der Waals surface area contributed by atoms with Gasteiger partial charge in [0.15, 0.2) is 0 Å². The van der Waals surface area contributed by atoms with Gasteiger partial charge >= 0.3 is 6.18 Å². The number of halogens is 3. The van der Waals surface area contributed by atoms with Gasteiger partial charge in [-0.15, -0.1) is 0 Å². The van der Waals surface area contributed by atoms with Crippen LogP contribution in [0.2, 0.25) is 0 Å².